The van der Waals surface area contributed by atoms with Gasteiger partial charge < -0.3 is 9.84 Å². The monoisotopic (exact) mass is 317 g/mol. The van der Waals surface area contributed by atoms with Crippen molar-refractivity contribution < 1.29 is 27.8 Å². The first-order chi connectivity index (χ1) is 9.46. The van der Waals surface area contributed by atoms with E-state index in [0.29, 0.717) is 0 Å². The molecule has 8 heteroatoms. The molecule has 0 aliphatic rings. The van der Waals surface area contributed by atoms with Crippen LogP contribution in [-0.2, 0) is 0 Å². The van der Waals surface area contributed by atoms with Gasteiger partial charge in [-0.05, 0) is 18.2 Å². The molecule has 0 heterocycles. The number of alkyl halides is 3. The first kappa shape index (κ1) is 16.9. The van der Waals surface area contributed by atoms with E-state index in [1.807, 2.05) is 19.6 Å². The average molecular weight is 317 g/mol. The van der Waals surface area contributed by atoms with Crippen molar-refractivity contribution in [2.75, 3.05) is 5.32 Å². The zero-order valence-corrected chi connectivity index (χ0v) is 12.6. The summed E-state index contributed by atoms with van der Waals surface area (Å²) in [6, 6.07) is 3.27. The average Bonchev–Trinajstić information content (AvgIpc) is 2.25. The van der Waals surface area contributed by atoms with E-state index in [4.69, 9.17) is 5.11 Å². The number of anilines is 1. The van der Waals surface area contributed by atoms with Gasteiger partial charge in [-0.2, -0.15) is 0 Å². The highest BCUT2D eigenvalue weighted by atomic mass is 28.3. The van der Waals surface area contributed by atoms with Crippen LogP contribution in [-0.4, -0.2) is 25.6 Å². The zero-order valence-electron chi connectivity index (χ0n) is 11.6. The third-order valence-electron chi connectivity index (χ3n) is 2.04. The highest BCUT2D eigenvalue weighted by molar-refractivity contribution is 6.83. The summed E-state index contributed by atoms with van der Waals surface area (Å²) >= 11 is 0. The smallest absolute Gasteiger partial charge is 0.465 e. The molecule has 1 aromatic carbocycles. The Bertz CT molecular complexity index is 597. The number of carboxylic acid groups (broad SMARTS) is 1. The van der Waals surface area contributed by atoms with Gasteiger partial charge in [-0.25, -0.2) is 4.79 Å². The van der Waals surface area contributed by atoms with E-state index in [9.17, 15) is 18.0 Å². The lowest BCUT2D eigenvalue weighted by Gasteiger charge is -2.11. The standard InChI is InChI=1S/C13H14F3NO3Si/c1-21(2,3)7-6-9-8-10(20-13(14,15)16)4-5-11(9)17-12(18)19/h4-5,8,17H,1-3H3,(H,18,19). The maximum absolute atomic E-state index is 12.2. The predicted octanol–water partition coefficient (Wildman–Crippen LogP) is 3.90. The molecule has 1 rings (SSSR count). The molecule has 1 aromatic rings. The van der Waals surface area contributed by atoms with Gasteiger partial charge in [0, 0.05) is 0 Å². The van der Waals surface area contributed by atoms with Crippen molar-refractivity contribution >= 4 is 19.9 Å². The Hall–Kier alpha value is -2.14. The topological polar surface area (TPSA) is 58.6 Å². The van der Waals surface area contributed by atoms with Crippen LogP contribution in [0.3, 0.4) is 0 Å². The van der Waals surface area contributed by atoms with Crippen LogP contribution in [0, 0.1) is 11.5 Å². The second-order valence-electron chi connectivity index (χ2n) is 5.19. The number of ether oxygens (including phenoxy) is 1. The lowest BCUT2D eigenvalue weighted by atomic mass is 10.2. The molecule has 0 bridgehead atoms. The van der Waals surface area contributed by atoms with Crippen molar-refractivity contribution in [1.82, 2.24) is 0 Å². The van der Waals surface area contributed by atoms with Crippen LogP contribution in [0.25, 0.3) is 0 Å². The van der Waals surface area contributed by atoms with E-state index in [1.165, 1.54) is 6.07 Å². The zero-order chi connectivity index (χ0) is 16.3. The Morgan fingerprint density at radius 2 is 1.95 bits per heavy atom. The quantitative estimate of drug-likeness (QED) is 0.642. The molecule has 4 nitrogen and oxygen atoms in total. The van der Waals surface area contributed by atoms with Crippen LogP contribution in [0.1, 0.15) is 5.56 Å². The summed E-state index contributed by atoms with van der Waals surface area (Å²) < 4.78 is 40.4. The van der Waals surface area contributed by atoms with Gasteiger partial charge in [0.1, 0.15) is 13.8 Å². The van der Waals surface area contributed by atoms with E-state index in [-0.39, 0.29) is 11.3 Å². The number of carbonyl (C=O) groups is 1. The van der Waals surface area contributed by atoms with Gasteiger partial charge >= 0.3 is 12.5 Å². The molecule has 114 valence electrons. The number of rotatable bonds is 2. The number of halogens is 3. The summed E-state index contributed by atoms with van der Waals surface area (Å²) in [5.74, 6) is 2.28. The lowest BCUT2D eigenvalue weighted by Crippen LogP contribution is -2.18. The van der Waals surface area contributed by atoms with Crippen molar-refractivity contribution in [2.45, 2.75) is 26.0 Å². The number of benzene rings is 1. The van der Waals surface area contributed by atoms with Crippen LogP contribution in [0.5, 0.6) is 5.75 Å². The molecule has 0 saturated carbocycles. The molecule has 0 spiro atoms. The minimum absolute atomic E-state index is 0.114. The van der Waals surface area contributed by atoms with Crippen LogP contribution in [0.2, 0.25) is 19.6 Å². The Balaban J connectivity index is 3.21. The summed E-state index contributed by atoms with van der Waals surface area (Å²) in [5.41, 5.74) is 3.22. The second kappa shape index (κ2) is 6.09. The summed E-state index contributed by atoms with van der Waals surface area (Å²) in [6.07, 6.45) is -6.14. The van der Waals surface area contributed by atoms with E-state index in [0.717, 1.165) is 12.1 Å². The Labute approximate surface area is 120 Å². The van der Waals surface area contributed by atoms with Gasteiger partial charge in [0.05, 0.1) is 11.3 Å². The summed E-state index contributed by atoms with van der Waals surface area (Å²) in [5, 5.41) is 10.8. The summed E-state index contributed by atoms with van der Waals surface area (Å²) in [4.78, 5) is 10.7. The molecule has 0 radical (unpaired) electrons. The van der Waals surface area contributed by atoms with Crippen LogP contribution in [0.15, 0.2) is 18.2 Å². The van der Waals surface area contributed by atoms with Gasteiger partial charge in [0.15, 0.2) is 0 Å². The number of amides is 1. The first-order valence-electron chi connectivity index (χ1n) is 5.89. The molecule has 0 aromatic heterocycles. The van der Waals surface area contributed by atoms with Gasteiger partial charge in [0.25, 0.3) is 0 Å². The van der Waals surface area contributed by atoms with Crippen molar-refractivity contribution in [3.8, 4) is 17.2 Å². The number of hydrogen-bond donors (Lipinski definition) is 2. The largest absolute Gasteiger partial charge is 0.573 e. The number of nitrogens with one attached hydrogen (secondary N) is 1. The second-order valence-corrected chi connectivity index (χ2v) is 9.94. The lowest BCUT2D eigenvalue weighted by molar-refractivity contribution is -0.274. The molecule has 0 unspecified atom stereocenters. The summed E-state index contributed by atoms with van der Waals surface area (Å²) in [6.45, 7) is 5.88. The molecule has 0 atom stereocenters. The maximum Gasteiger partial charge on any atom is 0.573 e. The molecule has 1 amide bonds. The van der Waals surface area contributed by atoms with Crippen LogP contribution in [0.4, 0.5) is 23.7 Å². The minimum Gasteiger partial charge on any atom is -0.465 e. The van der Waals surface area contributed by atoms with E-state index >= 15 is 0 Å². The number of hydrogen-bond acceptors (Lipinski definition) is 2. The molecule has 0 aliphatic carbocycles. The van der Waals surface area contributed by atoms with E-state index < -0.39 is 26.3 Å². The Kier molecular flexibility index (Phi) is 4.91. The maximum atomic E-state index is 12.2. The van der Waals surface area contributed by atoms with Gasteiger partial charge in [-0.15, -0.1) is 18.7 Å². The van der Waals surface area contributed by atoms with Crippen molar-refractivity contribution in [1.29, 1.82) is 0 Å². The van der Waals surface area contributed by atoms with E-state index in [1.54, 1.807) is 0 Å². The fourth-order valence-electron chi connectivity index (χ4n) is 1.30. The first-order valence-corrected chi connectivity index (χ1v) is 9.39. The fraction of sp³-hybridized carbons (Fsp3) is 0.308. The molecule has 2 N–H and O–H groups in total. The van der Waals surface area contributed by atoms with Crippen molar-refractivity contribution in [3.63, 3.8) is 0 Å². The molecular weight excluding hydrogens is 303 g/mol. The molecular formula is C13H14F3NO3Si. The van der Waals surface area contributed by atoms with Crippen LogP contribution < -0.4 is 10.1 Å². The van der Waals surface area contributed by atoms with Crippen molar-refractivity contribution in [3.05, 3.63) is 23.8 Å². The minimum atomic E-state index is -4.81. The summed E-state index contributed by atoms with van der Waals surface area (Å²) in [7, 11) is -1.77. The molecule has 0 saturated heterocycles. The van der Waals surface area contributed by atoms with Gasteiger partial charge in [-0.1, -0.05) is 25.6 Å². The molecule has 0 aliphatic heterocycles. The SMILES string of the molecule is C[Si](C)(C)C#Cc1cc(OC(F)(F)F)ccc1NC(=O)O. The van der Waals surface area contributed by atoms with Crippen LogP contribution >= 0.6 is 0 Å². The van der Waals surface area contributed by atoms with E-state index in [2.05, 4.69) is 21.5 Å². The molecule has 21 heavy (non-hydrogen) atoms. The highest BCUT2D eigenvalue weighted by Gasteiger charge is 2.31. The fourth-order valence-corrected chi connectivity index (χ4v) is 1.81. The van der Waals surface area contributed by atoms with Crippen molar-refractivity contribution in [2.24, 2.45) is 0 Å². The Morgan fingerprint density at radius 3 is 2.43 bits per heavy atom. The third kappa shape index (κ3) is 6.72. The highest BCUT2D eigenvalue weighted by Crippen LogP contribution is 2.27. The normalized spacial score (nSPS) is 11.3. The third-order valence-corrected chi connectivity index (χ3v) is 2.91. The van der Waals surface area contributed by atoms with Gasteiger partial charge in [0.2, 0.25) is 0 Å². The Morgan fingerprint density at radius 1 is 1.33 bits per heavy atom. The predicted molar refractivity (Wildman–Crippen MR) is 75.0 cm³/mol. The van der Waals surface area contributed by atoms with Gasteiger partial charge in [-0.3, -0.25) is 5.32 Å². The molecule has 0 fully saturated rings.